The summed E-state index contributed by atoms with van der Waals surface area (Å²) >= 11 is 0. The fourth-order valence-corrected chi connectivity index (χ4v) is 2.91. The summed E-state index contributed by atoms with van der Waals surface area (Å²) in [6, 6.07) is 0.558. The Morgan fingerprint density at radius 1 is 1.62 bits per heavy atom. The molecule has 0 spiro atoms. The quantitative estimate of drug-likeness (QED) is 0.604. The minimum atomic E-state index is 0.158. The SMILES string of the molecule is CN1CCC2NCCCC2(CO)C1. The van der Waals surface area contributed by atoms with E-state index in [1.54, 1.807) is 0 Å². The lowest BCUT2D eigenvalue weighted by Gasteiger charge is -2.49. The molecule has 0 aromatic rings. The molecule has 3 heteroatoms. The van der Waals surface area contributed by atoms with Gasteiger partial charge in [-0.15, -0.1) is 0 Å². The second-order valence-corrected chi connectivity index (χ2v) is 4.66. The van der Waals surface area contributed by atoms with Crippen LogP contribution in [-0.2, 0) is 0 Å². The standard InChI is InChI=1S/C10H20N2O/c1-12-6-3-9-10(7-12,8-13)4-2-5-11-9/h9,11,13H,2-8H2,1H3. The summed E-state index contributed by atoms with van der Waals surface area (Å²) in [7, 11) is 2.15. The van der Waals surface area contributed by atoms with Crippen molar-refractivity contribution in [3.8, 4) is 0 Å². The molecule has 2 unspecified atom stereocenters. The van der Waals surface area contributed by atoms with Crippen LogP contribution in [0.5, 0.6) is 0 Å². The minimum absolute atomic E-state index is 0.158. The molecule has 13 heavy (non-hydrogen) atoms. The molecule has 0 radical (unpaired) electrons. The number of nitrogens with one attached hydrogen (secondary N) is 1. The number of nitrogens with zero attached hydrogens (tertiary/aromatic N) is 1. The highest BCUT2D eigenvalue weighted by Gasteiger charge is 2.43. The van der Waals surface area contributed by atoms with Gasteiger partial charge >= 0.3 is 0 Å². The predicted octanol–water partition coefficient (Wildman–Crippen LogP) is 0.0526. The Balaban J connectivity index is 2.11. The Kier molecular flexibility index (Phi) is 2.58. The maximum Gasteiger partial charge on any atom is 0.0514 e. The Labute approximate surface area is 80.1 Å². The van der Waals surface area contributed by atoms with E-state index < -0.39 is 0 Å². The molecule has 2 rings (SSSR count). The highest BCUT2D eigenvalue weighted by molar-refractivity contribution is 4.99. The molecular weight excluding hydrogens is 164 g/mol. The van der Waals surface area contributed by atoms with Gasteiger partial charge < -0.3 is 15.3 Å². The molecule has 0 aliphatic carbocycles. The minimum Gasteiger partial charge on any atom is -0.396 e. The van der Waals surface area contributed by atoms with Crippen molar-refractivity contribution in [2.45, 2.75) is 25.3 Å². The summed E-state index contributed by atoms with van der Waals surface area (Å²) in [5, 5.41) is 13.1. The number of piperidine rings is 2. The van der Waals surface area contributed by atoms with Crippen molar-refractivity contribution in [1.82, 2.24) is 10.2 Å². The molecule has 2 N–H and O–H groups in total. The molecule has 2 aliphatic heterocycles. The van der Waals surface area contributed by atoms with Crippen LogP contribution in [0.15, 0.2) is 0 Å². The number of fused-ring (bicyclic) bond motifs is 1. The summed E-state index contributed by atoms with van der Waals surface area (Å²) in [6.07, 6.45) is 3.59. The van der Waals surface area contributed by atoms with Crippen molar-refractivity contribution in [3.63, 3.8) is 0 Å². The van der Waals surface area contributed by atoms with Crippen molar-refractivity contribution in [2.75, 3.05) is 33.3 Å². The van der Waals surface area contributed by atoms with Gasteiger partial charge in [0.2, 0.25) is 0 Å². The topological polar surface area (TPSA) is 35.5 Å². The normalized spacial score (nSPS) is 41.5. The van der Waals surface area contributed by atoms with Crippen molar-refractivity contribution in [3.05, 3.63) is 0 Å². The van der Waals surface area contributed by atoms with E-state index in [-0.39, 0.29) is 5.41 Å². The van der Waals surface area contributed by atoms with E-state index in [1.807, 2.05) is 0 Å². The monoisotopic (exact) mass is 184 g/mol. The molecule has 2 aliphatic rings. The van der Waals surface area contributed by atoms with E-state index in [0.29, 0.717) is 12.6 Å². The second-order valence-electron chi connectivity index (χ2n) is 4.66. The van der Waals surface area contributed by atoms with E-state index in [2.05, 4.69) is 17.3 Å². The summed E-state index contributed by atoms with van der Waals surface area (Å²) in [6.45, 7) is 3.70. The number of aliphatic hydroxyl groups excluding tert-OH is 1. The van der Waals surface area contributed by atoms with Crippen molar-refractivity contribution < 1.29 is 5.11 Å². The van der Waals surface area contributed by atoms with Gasteiger partial charge in [0.25, 0.3) is 0 Å². The Morgan fingerprint density at radius 2 is 2.46 bits per heavy atom. The van der Waals surface area contributed by atoms with Crippen LogP contribution in [0.4, 0.5) is 0 Å². The van der Waals surface area contributed by atoms with Crippen LogP contribution in [0.2, 0.25) is 0 Å². The summed E-state index contributed by atoms with van der Waals surface area (Å²) in [4.78, 5) is 2.35. The first-order valence-electron chi connectivity index (χ1n) is 5.30. The van der Waals surface area contributed by atoms with Crippen LogP contribution in [0, 0.1) is 5.41 Å². The number of aliphatic hydroxyl groups is 1. The van der Waals surface area contributed by atoms with E-state index in [0.717, 1.165) is 13.1 Å². The fraction of sp³-hybridized carbons (Fsp3) is 1.00. The first-order valence-corrected chi connectivity index (χ1v) is 5.30. The number of likely N-dealkylation sites (tertiary alicyclic amines) is 1. The summed E-state index contributed by atoms with van der Waals surface area (Å²) in [5.74, 6) is 0. The zero-order chi connectivity index (χ0) is 9.31. The van der Waals surface area contributed by atoms with Gasteiger partial charge in [-0.3, -0.25) is 0 Å². The molecule has 0 amide bonds. The molecule has 2 heterocycles. The lowest BCUT2D eigenvalue weighted by molar-refractivity contribution is -0.0110. The zero-order valence-corrected chi connectivity index (χ0v) is 8.42. The largest absolute Gasteiger partial charge is 0.396 e. The average Bonchev–Trinajstić information content (AvgIpc) is 2.17. The van der Waals surface area contributed by atoms with Crippen LogP contribution < -0.4 is 5.32 Å². The maximum absolute atomic E-state index is 9.53. The predicted molar refractivity (Wildman–Crippen MR) is 52.7 cm³/mol. The van der Waals surface area contributed by atoms with Gasteiger partial charge in [-0.2, -0.15) is 0 Å². The average molecular weight is 184 g/mol. The highest BCUT2D eigenvalue weighted by Crippen LogP contribution is 2.36. The van der Waals surface area contributed by atoms with Gasteiger partial charge in [-0.25, -0.2) is 0 Å². The Hall–Kier alpha value is -0.120. The molecule has 3 nitrogen and oxygen atoms in total. The maximum atomic E-state index is 9.53. The molecule has 2 saturated heterocycles. The molecule has 0 saturated carbocycles. The molecule has 2 atom stereocenters. The Bertz CT molecular complexity index is 186. The number of rotatable bonds is 1. The molecule has 0 bridgehead atoms. The van der Waals surface area contributed by atoms with Crippen molar-refractivity contribution in [2.24, 2.45) is 5.41 Å². The van der Waals surface area contributed by atoms with Crippen LogP contribution >= 0.6 is 0 Å². The summed E-state index contributed by atoms with van der Waals surface area (Å²) in [5.41, 5.74) is 0.158. The molecule has 2 fully saturated rings. The van der Waals surface area contributed by atoms with Crippen LogP contribution in [-0.4, -0.2) is 49.3 Å². The third kappa shape index (κ3) is 1.60. The highest BCUT2D eigenvalue weighted by atomic mass is 16.3. The second kappa shape index (κ2) is 3.56. The lowest BCUT2D eigenvalue weighted by Crippen LogP contribution is -2.60. The van der Waals surface area contributed by atoms with Gasteiger partial charge in [-0.1, -0.05) is 0 Å². The van der Waals surface area contributed by atoms with E-state index >= 15 is 0 Å². The zero-order valence-electron chi connectivity index (χ0n) is 8.42. The smallest absolute Gasteiger partial charge is 0.0514 e. The van der Waals surface area contributed by atoms with Crippen molar-refractivity contribution in [1.29, 1.82) is 0 Å². The van der Waals surface area contributed by atoms with Crippen LogP contribution in [0.1, 0.15) is 19.3 Å². The number of hydrogen-bond acceptors (Lipinski definition) is 3. The van der Waals surface area contributed by atoms with Gasteiger partial charge in [-0.05, 0) is 39.4 Å². The first kappa shape index (κ1) is 9.44. The molecule has 0 aromatic heterocycles. The van der Waals surface area contributed by atoms with Crippen molar-refractivity contribution >= 4 is 0 Å². The third-order valence-corrected chi connectivity index (χ3v) is 3.68. The summed E-state index contributed by atoms with van der Waals surface area (Å²) < 4.78 is 0. The molecular formula is C10H20N2O. The first-order chi connectivity index (χ1) is 6.27. The van der Waals surface area contributed by atoms with E-state index in [1.165, 1.54) is 25.8 Å². The van der Waals surface area contributed by atoms with Gasteiger partial charge in [0, 0.05) is 18.0 Å². The third-order valence-electron chi connectivity index (χ3n) is 3.68. The Morgan fingerprint density at radius 3 is 3.23 bits per heavy atom. The van der Waals surface area contributed by atoms with E-state index in [4.69, 9.17) is 0 Å². The lowest BCUT2D eigenvalue weighted by atomic mass is 9.71. The fourth-order valence-electron chi connectivity index (χ4n) is 2.91. The molecule has 0 aromatic carbocycles. The van der Waals surface area contributed by atoms with Gasteiger partial charge in [0.1, 0.15) is 0 Å². The van der Waals surface area contributed by atoms with Gasteiger partial charge in [0.15, 0.2) is 0 Å². The van der Waals surface area contributed by atoms with E-state index in [9.17, 15) is 5.11 Å². The van der Waals surface area contributed by atoms with Crippen LogP contribution in [0.25, 0.3) is 0 Å². The van der Waals surface area contributed by atoms with Crippen LogP contribution in [0.3, 0.4) is 0 Å². The number of hydrogen-bond donors (Lipinski definition) is 2. The van der Waals surface area contributed by atoms with Gasteiger partial charge in [0.05, 0.1) is 6.61 Å². The molecule has 76 valence electrons.